The number of methoxy groups -OCH3 is 1. The monoisotopic (exact) mass is 216 g/mol. The summed E-state index contributed by atoms with van der Waals surface area (Å²) >= 11 is 5.51. The van der Waals surface area contributed by atoms with Gasteiger partial charge in [-0.25, -0.2) is 0 Å². The fraction of sp³-hybridized carbons (Fsp3) is 0.700. The zero-order valence-electron chi connectivity index (χ0n) is 8.58. The summed E-state index contributed by atoms with van der Waals surface area (Å²) in [6, 6.07) is 2.13. The van der Waals surface area contributed by atoms with Gasteiger partial charge < -0.3 is 4.74 Å². The molecule has 0 fully saturated rings. The predicted octanol–water partition coefficient (Wildman–Crippen LogP) is 1.64. The maximum absolute atomic E-state index is 8.47. The molecule has 0 unspecified atom stereocenters. The summed E-state index contributed by atoms with van der Waals surface area (Å²) in [6.45, 7) is 3.16. The summed E-state index contributed by atoms with van der Waals surface area (Å²) in [4.78, 5) is 2.16. The van der Waals surface area contributed by atoms with Crippen molar-refractivity contribution < 1.29 is 4.74 Å². The fourth-order valence-corrected chi connectivity index (χ4v) is 1.14. The van der Waals surface area contributed by atoms with Crippen LogP contribution in [0.25, 0.3) is 0 Å². The van der Waals surface area contributed by atoms with Gasteiger partial charge in [-0.2, -0.15) is 5.26 Å². The molecule has 0 saturated carbocycles. The van der Waals surface area contributed by atoms with Crippen LogP contribution < -0.4 is 0 Å². The first kappa shape index (κ1) is 13.4. The van der Waals surface area contributed by atoms with Gasteiger partial charge in [-0.1, -0.05) is 12.2 Å². The molecule has 0 N–H and O–H groups in total. The van der Waals surface area contributed by atoms with E-state index in [-0.39, 0.29) is 0 Å². The van der Waals surface area contributed by atoms with E-state index in [1.807, 2.05) is 12.2 Å². The number of halogens is 1. The molecule has 0 aromatic carbocycles. The standard InChI is InChI=1S/C10H17ClN2O/c1-14-10-9-13(8-4-6-12)7-3-2-5-11/h2-3H,4-5,7-10H2,1H3. The van der Waals surface area contributed by atoms with Gasteiger partial charge in [-0.3, -0.25) is 4.90 Å². The van der Waals surface area contributed by atoms with E-state index in [0.717, 1.165) is 19.6 Å². The number of hydrogen-bond acceptors (Lipinski definition) is 3. The van der Waals surface area contributed by atoms with Gasteiger partial charge in [0.05, 0.1) is 12.7 Å². The SMILES string of the molecule is COCCN(CC=CCCl)CCC#N. The molecule has 0 aliphatic rings. The Hall–Kier alpha value is -0.560. The molecule has 3 nitrogen and oxygen atoms in total. The summed E-state index contributed by atoms with van der Waals surface area (Å²) in [7, 11) is 1.68. The van der Waals surface area contributed by atoms with Crippen molar-refractivity contribution in [2.75, 3.05) is 39.2 Å². The van der Waals surface area contributed by atoms with Crippen molar-refractivity contribution in [3.8, 4) is 6.07 Å². The lowest BCUT2D eigenvalue weighted by Gasteiger charge is -2.18. The molecule has 0 aromatic rings. The smallest absolute Gasteiger partial charge is 0.0635 e. The van der Waals surface area contributed by atoms with Crippen LogP contribution in [0.3, 0.4) is 0 Å². The first-order chi connectivity index (χ1) is 6.85. The Labute approximate surface area is 90.9 Å². The Morgan fingerprint density at radius 3 is 2.79 bits per heavy atom. The van der Waals surface area contributed by atoms with E-state index in [4.69, 9.17) is 21.6 Å². The maximum atomic E-state index is 8.47. The molecule has 80 valence electrons. The number of nitrogens with zero attached hydrogens (tertiary/aromatic N) is 2. The van der Waals surface area contributed by atoms with Gasteiger partial charge in [0.2, 0.25) is 0 Å². The van der Waals surface area contributed by atoms with E-state index in [0.29, 0.717) is 18.9 Å². The van der Waals surface area contributed by atoms with E-state index < -0.39 is 0 Å². The second-order valence-electron chi connectivity index (χ2n) is 2.83. The zero-order chi connectivity index (χ0) is 10.6. The van der Waals surface area contributed by atoms with Gasteiger partial charge in [-0.05, 0) is 0 Å². The average molecular weight is 217 g/mol. The van der Waals surface area contributed by atoms with Crippen LogP contribution >= 0.6 is 11.6 Å². The van der Waals surface area contributed by atoms with Gasteiger partial charge in [0.25, 0.3) is 0 Å². The predicted molar refractivity (Wildman–Crippen MR) is 58.4 cm³/mol. The van der Waals surface area contributed by atoms with Crippen LogP contribution in [0.15, 0.2) is 12.2 Å². The van der Waals surface area contributed by atoms with Crippen molar-refractivity contribution in [1.29, 1.82) is 5.26 Å². The molecule has 0 aliphatic carbocycles. The minimum atomic E-state index is 0.538. The highest BCUT2D eigenvalue weighted by molar-refractivity contribution is 6.18. The van der Waals surface area contributed by atoms with Crippen molar-refractivity contribution in [2.45, 2.75) is 6.42 Å². The third-order valence-corrected chi connectivity index (χ3v) is 1.95. The first-order valence-corrected chi connectivity index (χ1v) is 5.17. The van der Waals surface area contributed by atoms with Crippen LogP contribution in [0.2, 0.25) is 0 Å². The summed E-state index contributed by atoms with van der Waals surface area (Å²) in [5.74, 6) is 0.538. The number of ether oxygens (including phenoxy) is 1. The van der Waals surface area contributed by atoms with Crippen molar-refractivity contribution >= 4 is 11.6 Å². The van der Waals surface area contributed by atoms with E-state index in [1.165, 1.54) is 0 Å². The number of nitriles is 1. The minimum absolute atomic E-state index is 0.538. The lowest BCUT2D eigenvalue weighted by Crippen LogP contribution is -2.28. The maximum Gasteiger partial charge on any atom is 0.0635 e. The third-order valence-electron chi connectivity index (χ3n) is 1.77. The molecular weight excluding hydrogens is 200 g/mol. The number of allylic oxidation sites excluding steroid dienone is 1. The molecule has 4 heteroatoms. The average Bonchev–Trinajstić information content (AvgIpc) is 2.21. The van der Waals surface area contributed by atoms with E-state index in [9.17, 15) is 0 Å². The van der Waals surface area contributed by atoms with Crippen LogP contribution in [-0.2, 0) is 4.74 Å². The molecular formula is C10H17ClN2O. The number of hydrogen-bond donors (Lipinski definition) is 0. The van der Waals surface area contributed by atoms with Crippen molar-refractivity contribution in [2.24, 2.45) is 0 Å². The fourth-order valence-electron chi connectivity index (χ4n) is 1.01. The van der Waals surface area contributed by atoms with Gasteiger partial charge in [-0.15, -0.1) is 11.6 Å². The molecule has 0 heterocycles. The summed E-state index contributed by atoms with van der Waals surface area (Å²) in [5, 5.41) is 8.47. The molecule has 0 spiro atoms. The molecule has 14 heavy (non-hydrogen) atoms. The van der Waals surface area contributed by atoms with Crippen LogP contribution in [0, 0.1) is 11.3 Å². The summed E-state index contributed by atoms with van der Waals surface area (Å²) < 4.78 is 4.98. The number of alkyl halides is 1. The van der Waals surface area contributed by atoms with Crippen LogP contribution in [-0.4, -0.2) is 44.1 Å². The molecule has 0 bridgehead atoms. The van der Waals surface area contributed by atoms with Crippen LogP contribution in [0.5, 0.6) is 0 Å². The van der Waals surface area contributed by atoms with Gasteiger partial charge in [0, 0.05) is 39.0 Å². The Bertz CT molecular complexity index is 189. The second kappa shape index (κ2) is 10.5. The molecule has 0 aliphatic heterocycles. The highest BCUT2D eigenvalue weighted by atomic mass is 35.5. The normalized spacial score (nSPS) is 11.0. The zero-order valence-corrected chi connectivity index (χ0v) is 9.33. The number of rotatable bonds is 8. The lowest BCUT2D eigenvalue weighted by molar-refractivity contribution is 0.155. The molecule has 0 aromatic heterocycles. The summed E-state index contributed by atoms with van der Waals surface area (Å²) in [5.41, 5.74) is 0. The largest absolute Gasteiger partial charge is 0.383 e. The summed E-state index contributed by atoms with van der Waals surface area (Å²) in [6.07, 6.45) is 4.48. The molecule has 0 rings (SSSR count). The van der Waals surface area contributed by atoms with Crippen molar-refractivity contribution in [3.63, 3.8) is 0 Å². The van der Waals surface area contributed by atoms with Crippen molar-refractivity contribution in [1.82, 2.24) is 4.90 Å². The van der Waals surface area contributed by atoms with Crippen molar-refractivity contribution in [3.05, 3.63) is 12.2 Å². The molecule has 0 saturated heterocycles. The molecule has 0 amide bonds. The van der Waals surface area contributed by atoms with Gasteiger partial charge in [0.15, 0.2) is 0 Å². The Balaban J connectivity index is 3.72. The van der Waals surface area contributed by atoms with Gasteiger partial charge in [0.1, 0.15) is 0 Å². The lowest BCUT2D eigenvalue weighted by atomic mass is 10.3. The third kappa shape index (κ3) is 8.06. The Morgan fingerprint density at radius 1 is 1.43 bits per heavy atom. The van der Waals surface area contributed by atoms with E-state index in [2.05, 4.69) is 11.0 Å². The molecule has 0 radical (unpaired) electrons. The second-order valence-corrected chi connectivity index (χ2v) is 3.14. The van der Waals surface area contributed by atoms with E-state index in [1.54, 1.807) is 7.11 Å². The minimum Gasteiger partial charge on any atom is -0.383 e. The van der Waals surface area contributed by atoms with E-state index >= 15 is 0 Å². The van der Waals surface area contributed by atoms with Crippen LogP contribution in [0.4, 0.5) is 0 Å². The molecule has 0 atom stereocenters. The Kier molecular flexibility index (Phi) is 10.1. The quantitative estimate of drug-likeness (QED) is 0.457. The highest BCUT2D eigenvalue weighted by Gasteiger charge is 2.01. The van der Waals surface area contributed by atoms with Gasteiger partial charge >= 0.3 is 0 Å². The first-order valence-electron chi connectivity index (χ1n) is 4.64. The Morgan fingerprint density at radius 2 is 2.21 bits per heavy atom. The van der Waals surface area contributed by atoms with Crippen LogP contribution in [0.1, 0.15) is 6.42 Å². The topological polar surface area (TPSA) is 36.3 Å². The highest BCUT2D eigenvalue weighted by Crippen LogP contribution is 1.92.